The highest BCUT2D eigenvalue weighted by atomic mass is 35.5. The third kappa shape index (κ3) is 19.0. The van der Waals surface area contributed by atoms with E-state index in [9.17, 15) is 41.9 Å². The van der Waals surface area contributed by atoms with Crippen molar-refractivity contribution in [1.82, 2.24) is 43.4 Å². The number of fused-ring (bicyclic) bond motifs is 9. The maximum Gasteiger partial charge on any atom is 0.271 e. The van der Waals surface area contributed by atoms with Gasteiger partial charge in [0.1, 0.15) is 49.0 Å². The monoisotopic (exact) mass is 1710 g/mol. The summed E-state index contributed by atoms with van der Waals surface area (Å²) < 4.78 is 52.9. The Morgan fingerprint density at radius 3 is 1.14 bits per heavy atom. The van der Waals surface area contributed by atoms with Crippen molar-refractivity contribution in [2.24, 2.45) is 35.0 Å². The van der Waals surface area contributed by atoms with Crippen molar-refractivity contribution in [3.8, 4) is 0 Å². The van der Waals surface area contributed by atoms with Crippen LogP contribution in [0.15, 0.2) is 215 Å². The lowest BCUT2D eigenvalue weighted by Gasteiger charge is -2.35. The number of hydrogen-bond donors (Lipinski definition) is 3. The summed E-state index contributed by atoms with van der Waals surface area (Å²) in [5.74, 6) is -0.731. The highest BCUT2D eigenvalue weighted by molar-refractivity contribution is 7.26. The molecule has 3 amide bonds. The van der Waals surface area contributed by atoms with Crippen LogP contribution in [0.5, 0.6) is 0 Å². The molecule has 26 heteroatoms. The second kappa shape index (κ2) is 38.7. The van der Waals surface area contributed by atoms with Crippen LogP contribution in [0, 0.1) is 56.0 Å². The lowest BCUT2D eigenvalue weighted by Crippen LogP contribution is -2.42. The van der Waals surface area contributed by atoms with E-state index in [1.54, 1.807) is 54.7 Å². The molecule has 0 aliphatic rings. The topological polar surface area (TPSA) is 244 Å². The highest BCUT2D eigenvalue weighted by Crippen LogP contribution is 2.40. The number of nitrogens with zero attached hydrogens (tertiary/aromatic N) is 9. The standard InChI is InChI=1S/C32H32F2N4O2S.C32H33FN4O2S.C30H31ClN4O2S2/c1-19(2)28(37(15-7-14-35)31(39)22-11-10-20(3)25(34)16-22)30-36-27-24-17-23(33)12-13-26(24)41-29(27)32(40)38(30)18-21-8-5-4-6-9-21;1-20(2)28(36(17-7-16-34)31(38)23-12-10-21(3)11-13-23)30-35-27-25-18-24(33)14-15-26(25)40-29(27)32(39)37(30)19-22-8-5-4-6-9-22;1-18(2)26(34(16-6-15-32)29(36)20-11-9-19(3)10-12-20)28-33-25-22-7-4-5-8-23(22)39-27(25)30(37)35(28)17-21-13-14-24(31)38-21/h4-6,8-13,16-17,19,28H,7,14-15,18,35H2,1-3H3;4-6,8-15,18,20,28H,7,16-17,19,34H2,1-3H3;4-5,7-14,18,26H,6,15-17,32H2,1-3H3. The molecule has 0 fully saturated rings. The minimum absolute atomic E-state index is 0.0235. The Morgan fingerprint density at radius 1 is 0.408 bits per heavy atom. The molecule has 0 aliphatic heterocycles. The summed E-state index contributed by atoms with van der Waals surface area (Å²) in [6.07, 6.45) is 1.73. The molecule has 120 heavy (non-hydrogen) atoms. The number of carbonyl (C=O) groups is 3. The highest BCUT2D eigenvalue weighted by Gasteiger charge is 2.38. The average Bonchev–Trinajstić information content (AvgIpc) is 1.56. The van der Waals surface area contributed by atoms with Crippen LogP contribution in [0.2, 0.25) is 4.34 Å². The van der Waals surface area contributed by atoms with Crippen molar-refractivity contribution in [2.75, 3.05) is 39.3 Å². The zero-order valence-electron chi connectivity index (χ0n) is 68.4. The normalized spacial score (nSPS) is 12.4. The Kier molecular flexibility index (Phi) is 28.0. The lowest BCUT2D eigenvalue weighted by atomic mass is 9.98. The third-order valence-corrected chi connectivity index (χ3v) is 25.9. The van der Waals surface area contributed by atoms with Crippen LogP contribution in [0.25, 0.3) is 60.9 Å². The van der Waals surface area contributed by atoms with Gasteiger partial charge in [-0.05, 0) is 185 Å². The van der Waals surface area contributed by atoms with Gasteiger partial charge in [0.05, 0.1) is 58.6 Å². The van der Waals surface area contributed by atoms with E-state index in [1.165, 1.54) is 75.7 Å². The number of aryl methyl sites for hydroxylation is 3. The van der Waals surface area contributed by atoms with Crippen LogP contribution in [0.1, 0.15) is 160 Å². The van der Waals surface area contributed by atoms with Crippen molar-refractivity contribution < 1.29 is 27.6 Å². The van der Waals surface area contributed by atoms with Crippen molar-refractivity contribution in [2.45, 2.75) is 119 Å². The molecule has 0 aliphatic carbocycles. The minimum atomic E-state index is -0.650. The molecular weight excluding hydrogens is 1610 g/mol. The molecule has 0 spiro atoms. The Labute approximate surface area is 715 Å². The van der Waals surface area contributed by atoms with Crippen molar-refractivity contribution >= 4 is 136 Å². The Bertz CT molecular complexity index is 6410. The molecule has 7 heterocycles. The quantitative estimate of drug-likeness (QED) is 0.0435. The van der Waals surface area contributed by atoms with E-state index in [-0.39, 0.29) is 76.6 Å². The number of carbonyl (C=O) groups excluding carboxylic acids is 3. The van der Waals surface area contributed by atoms with Crippen molar-refractivity contribution in [3.05, 3.63) is 320 Å². The number of nitrogens with two attached hydrogens (primary N) is 3. The first-order valence-corrected chi connectivity index (χ1v) is 43.8. The number of thiophene rings is 4. The Hall–Kier alpha value is -10.9. The third-order valence-electron chi connectivity index (χ3n) is 21.3. The SMILES string of the molecule is Cc1ccc(C(=O)N(CCCN)C(c2nc3c(sc4ccc(F)cc43)c(=O)n2Cc2ccccc2)C(C)C)cc1.Cc1ccc(C(=O)N(CCCN)C(c2nc3c(sc4ccc(F)cc43)c(=O)n2Cc2ccccc2)C(C)C)cc1F.Cc1ccc(C(=O)N(CCCN)C(c2nc3c(sc4ccccc43)c(=O)n2Cc2ccc(Cl)s2)C(C)C)cc1. The summed E-state index contributed by atoms with van der Waals surface area (Å²) in [6, 6.07) is 57.8. The Balaban J connectivity index is 0.000000156. The zero-order valence-corrected chi connectivity index (χ0v) is 72.4. The predicted molar refractivity (Wildman–Crippen MR) is 484 cm³/mol. The fraction of sp³-hybridized carbons (Fsp3) is 0.287. The first-order chi connectivity index (χ1) is 57.7. The molecule has 0 saturated carbocycles. The molecule has 3 atom stereocenters. The van der Waals surface area contributed by atoms with Gasteiger partial charge >= 0.3 is 0 Å². The predicted octanol–water partition coefficient (Wildman–Crippen LogP) is 19.6. The fourth-order valence-corrected chi connectivity index (χ4v) is 19.6. The van der Waals surface area contributed by atoms with E-state index in [1.807, 2.05) is 192 Å². The molecule has 0 radical (unpaired) electrons. The molecular formula is C94H96ClF3N12O6S4. The number of halogens is 4. The van der Waals surface area contributed by atoms with Crippen LogP contribution in [0.4, 0.5) is 13.2 Å². The van der Waals surface area contributed by atoms with E-state index in [0.717, 1.165) is 46.6 Å². The van der Waals surface area contributed by atoms with E-state index in [0.29, 0.717) is 145 Å². The van der Waals surface area contributed by atoms with E-state index < -0.39 is 29.8 Å². The van der Waals surface area contributed by atoms with Gasteiger partial charge in [0.15, 0.2) is 0 Å². The van der Waals surface area contributed by atoms with Crippen LogP contribution in [0.3, 0.4) is 0 Å². The zero-order chi connectivity index (χ0) is 85.3. The second-order valence-electron chi connectivity index (χ2n) is 31.1. The van der Waals surface area contributed by atoms with Gasteiger partial charge < -0.3 is 31.9 Å². The van der Waals surface area contributed by atoms with Gasteiger partial charge in [0, 0.05) is 71.5 Å². The first-order valence-electron chi connectivity index (χ1n) is 40.2. The van der Waals surface area contributed by atoms with Gasteiger partial charge in [0.25, 0.3) is 34.4 Å². The van der Waals surface area contributed by atoms with Gasteiger partial charge in [-0.1, -0.05) is 173 Å². The molecule has 0 bridgehead atoms. The summed E-state index contributed by atoms with van der Waals surface area (Å²) in [5.41, 5.74) is 24.5. The Morgan fingerprint density at radius 2 is 0.767 bits per heavy atom. The molecule has 6 N–H and O–H groups in total. The van der Waals surface area contributed by atoms with E-state index in [2.05, 4.69) is 13.8 Å². The molecule has 8 aromatic carbocycles. The molecule has 0 saturated heterocycles. The number of aromatic nitrogens is 6. The van der Waals surface area contributed by atoms with Crippen molar-refractivity contribution in [1.29, 1.82) is 0 Å². The van der Waals surface area contributed by atoms with Gasteiger partial charge in [0.2, 0.25) is 0 Å². The average molecular weight is 1710 g/mol. The van der Waals surface area contributed by atoms with Crippen LogP contribution >= 0.6 is 56.9 Å². The number of rotatable bonds is 27. The second-order valence-corrected chi connectivity index (χ2v) is 36.0. The van der Waals surface area contributed by atoms with Crippen LogP contribution in [-0.2, 0) is 19.6 Å². The van der Waals surface area contributed by atoms with Gasteiger partial charge in [-0.25, -0.2) is 28.1 Å². The summed E-state index contributed by atoms with van der Waals surface area (Å²) >= 11 is 11.7. The number of benzene rings is 8. The smallest absolute Gasteiger partial charge is 0.271 e. The number of amides is 3. The van der Waals surface area contributed by atoms with Crippen molar-refractivity contribution in [3.63, 3.8) is 0 Å². The molecule has 15 aromatic rings. The van der Waals surface area contributed by atoms with Gasteiger partial charge in [-0.3, -0.25) is 42.5 Å². The maximum atomic E-state index is 14.5. The van der Waals surface area contributed by atoms with E-state index in [4.69, 9.17) is 43.8 Å². The first kappa shape index (κ1) is 87.0. The molecule has 18 nitrogen and oxygen atoms in total. The van der Waals surface area contributed by atoms with E-state index >= 15 is 0 Å². The molecule has 7 aromatic heterocycles. The van der Waals surface area contributed by atoms with Gasteiger partial charge in [-0.15, -0.1) is 45.3 Å². The largest absolute Gasteiger partial charge is 0.330 e. The maximum absolute atomic E-state index is 14.5. The lowest BCUT2D eigenvalue weighted by molar-refractivity contribution is 0.0596. The molecule has 15 rings (SSSR count). The summed E-state index contributed by atoms with van der Waals surface area (Å²) in [6.45, 7) is 20.9. The van der Waals surface area contributed by atoms with Gasteiger partial charge in [-0.2, -0.15) is 0 Å². The van der Waals surface area contributed by atoms with Crippen LogP contribution < -0.4 is 33.9 Å². The van der Waals surface area contributed by atoms with Crippen LogP contribution in [-0.4, -0.2) is 100 Å². The molecule has 620 valence electrons. The minimum Gasteiger partial charge on any atom is -0.330 e. The fourth-order valence-electron chi connectivity index (χ4n) is 15.3. The summed E-state index contributed by atoms with van der Waals surface area (Å²) in [4.78, 5) is 106. The summed E-state index contributed by atoms with van der Waals surface area (Å²) in [7, 11) is 0. The molecule has 3 unspecified atom stereocenters. The number of hydrogen-bond acceptors (Lipinski definition) is 16. The summed E-state index contributed by atoms with van der Waals surface area (Å²) in [5, 5.41) is 2.10.